The lowest BCUT2D eigenvalue weighted by Crippen LogP contribution is -2.28. The summed E-state index contributed by atoms with van der Waals surface area (Å²) in [6.45, 7) is 2.08. The van der Waals surface area contributed by atoms with Gasteiger partial charge in [0, 0.05) is 18.2 Å². The normalized spacial score (nSPS) is 24.1. The van der Waals surface area contributed by atoms with Gasteiger partial charge in [-0.05, 0) is 6.92 Å². The second-order valence-corrected chi connectivity index (χ2v) is 5.22. The van der Waals surface area contributed by atoms with E-state index in [0.717, 1.165) is 0 Å². The Morgan fingerprint density at radius 2 is 2.17 bits per heavy atom. The summed E-state index contributed by atoms with van der Waals surface area (Å²) in [7, 11) is 0. The van der Waals surface area contributed by atoms with Gasteiger partial charge in [0.15, 0.2) is 0 Å². The number of aliphatic hydroxyl groups is 3. The van der Waals surface area contributed by atoms with Gasteiger partial charge in [0.05, 0.1) is 32.5 Å². The SMILES string of the molecule is Cc1cn([C@H]2C[C@H](O)[C@@H](CO)O2)c(=O)nc1OCCOCCO. The van der Waals surface area contributed by atoms with Crippen molar-refractivity contribution < 1.29 is 29.5 Å². The van der Waals surface area contributed by atoms with Crippen molar-refractivity contribution in [3.63, 3.8) is 0 Å². The molecule has 1 fully saturated rings. The standard InChI is InChI=1S/C14H22N2O7/c1-9-7-16(12-6-10(19)11(8-18)23-12)14(20)15-13(9)22-5-4-21-3-2-17/h7,10-12,17-19H,2-6,8H2,1H3/t10-,11+,12+/m0/s1. The van der Waals surface area contributed by atoms with Crippen molar-refractivity contribution in [2.45, 2.75) is 31.8 Å². The van der Waals surface area contributed by atoms with Crippen molar-refractivity contribution in [1.29, 1.82) is 0 Å². The summed E-state index contributed by atoms with van der Waals surface area (Å²) < 4.78 is 17.2. The molecule has 0 saturated carbocycles. The molecule has 3 N–H and O–H groups in total. The molecule has 2 rings (SSSR count). The molecule has 3 atom stereocenters. The molecule has 0 unspecified atom stereocenters. The lowest BCUT2D eigenvalue weighted by atomic mass is 10.2. The van der Waals surface area contributed by atoms with Crippen LogP contribution in [0.1, 0.15) is 18.2 Å². The highest BCUT2D eigenvalue weighted by Gasteiger charge is 2.35. The van der Waals surface area contributed by atoms with Gasteiger partial charge in [0.1, 0.15) is 18.9 Å². The van der Waals surface area contributed by atoms with Crippen LogP contribution in [-0.4, -0.2) is 70.1 Å². The maximum absolute atomic E-state index is 12.1. The van der Waals surface area contributed by atoms with E-state index in [1.54, 1.807) is 13.1 Å². The molecule has 0 aromatic carbocycles. The first-order valence-corrected chi connectivity index (χ1v) is 7.42. The summed E-state index contributed by atoms with van der Waals surface area (Å²) in [5.74, 6) is 0.205. The van der Waals surface area contributed by atoms with Gasteiger partial charge >= 0.3 is 5.69 Å². The van der Waals surface area contributed by atoms with E-state index in [1.807, 2.05) is 0 Å². The molecule has 1 aromatic rings. The molecule has 0 aliphatic carbocycles. The van der Waals surface area contributed by atoms with Crippen molar-refractivity contribution in [2.24, 2.45) is 0 Å². The summed E-state index contributed by atoms with van der Waals surface area (Å²) in [5.41, 5.74) is 0.0787. The van der Waals surface area contributed by atoms with Crippen LogP contribution in [0.4, 0.5) is 0 Å². The fourth-order valence-corrected chi connectivity index (χ4v) is 2.32. The molecule has 1 saturated heterocycles. The minimum atomic E-state index is -0.822. The van der Waals surface area contributed by atoms with Crippen LogP contribution >= 0.6 is 0 Å². The van der Waals surface area contributed by atoms with Gasteiger partial charge < -0.3 is 29.5 Å². The van der Waals surface area contributed by atoms with Crippen LogP contribution in [0.15, 0.2) is 11.0 Å². The van der Waals surface area contributed by atoms with Crippen LogP contribution in [0, 0.1) is 6.92 Å². The largest absolute Gasteiger partial charge is 0.475 e. The Hall–Kier alpha value is -1.52. The van der Waals surface area contributed by atoms with E-state index in [2.05, 4.69) is 4.98 Å². The number of aryl methyl sites for hydroxylation is 1. The van der Waals surface area contributed by atoms with Gasteiger partial charge in [-0.25, -0.2) is 4.79 Å². The second kappa shape index (κ2) is 8.37. The average Bonchev–Trinajstić information content (AvgIpc) is 2.90. The van der Waals surface area contributed by atoms with Gasteiger partial charge in [0.25, 0.3) is 0 Å². The van der Waals surface area contributed by atoms with Crippen LogP contribution in [0.25, 0.3) is 0 Å². The summed E-state index contributed by atoms with van der Waals surface area (Å²) in [6.07, 6.45) is -0.427. The van der Waals surface area contributed by atoms with Crippen LogP contribution in [0.5, 0.6) is 5.88 Å². The quantitative estimate of drug-likeness (QED) is 0.496. The third-order valence-electron chi connectivity index (χ3n) is 3.48. The first-order valence-electron chi connectivity index (χ1n) is 7.42. The molecule has 23 heavy (non-hydrogen) atoms. The Kier molecular flexibility index (Phi) is 6.48. The minimum Gasteiger partial charge on any atom is -0.475 e. The Bertz CT molecular complexity index is 563. The maximum Gasteiger partial charge on any atom is 0.352 e. The van der Waals surface area contributed by atoms with Crippen molar-refractivity contribution >= 4 is 0 Å². The van der Waals surface area contributed by atoms with E-state index in [9.17, 15) is 9.90 Å². The third-order valence-corrected chi connectivity index (χ3v) is 3.48. The van der Waals surface area contributed by atoms with Crippen molar-refractivity contribution in [3.8, 4) is 5.88 Å². The van der Waals surface area contributed by atoms with E-state index in [1.165, 1.54) is 4.57 Å². The second-order valence-electron chi connectivity index (χ2n) is 5.22. The molecule has 130 valence electrons. The Balaban J connectivity index is 2.01. The van der Waals surface area contributed by atoms with Crippen molar-refractivity contribution in [1.82, 2.24) is 9.55 Å². The highest BCUT2D eigenvalue weighted by Crippen LogP contribution is 2.28. The summed E-state index contributed by atoms with van der Waals surface area (Å²) in [4.78, 5) is 16.0. The fraction of sp³-hybridized carbons (Fsp3) is 0.714. The minimum absolute atomic E-state index is 0.0601. The van der Waals surface area contributed by atoms with E-state index in [0.29, 0.717) is 5.56 Å². The zero-order chi connectivity index (χ0) is 16.8. The highest BCUT2D eigenvalue weighted by molar-refractivity contribution is 5.20. The van der Waals surface area contributed by atoms with Gasteiger partial charge in [-0.1, -0.05) is 0 Å². The first kappa shape index (κ1) is 17.8. The molecular weight excluding hydrogens is 308 g/mol. The molecule has 9 heteroatoms. The Morgan fingerprint density at radius 3 is 2.83 bits per heavy atom. The number of aromatic nitrogens is 2. The van der Waals surface area contributed by atoms with E-state index in [4.69, 9.17) is 24.4 Å². The number of hydrogen-bond donors (Lipinski definition) is 3. The molecule has 0 spiro atoms. The fourth-order valence-electron chi connectivity index (χ4n) is 2.32. The zero-order valence-corrected chi connectivity index (χ0v) is 12.9. The molecule has 1 aromatic heterocycles. The number of hydrogen-bond acceptors (Lipinski definition) is 8. The molecule has 0 bridgehead atoms. The van der Waals surface area contributed by atoms with Crippen LogP contribution in [0.3, 0.4) is 0 Å². The molecule has 1 aliphatic rings. The van der Waals surface area contributed by atoms with E-state index in [-0.39, 0.29) is 45.3 Å². The van der Waals surface area contributed by atoms with Crippen LogP contribution in [0.2, 0.25) is 0 Å². The predicted molar refractivity (Wildman–Crippen MR) is 78.3 cm³/mol. The average molecular weight is 330 g/mol. The number of nitrogens with zero attached hydrogens (tertiary/aromatic N) is 2. The smallest absolute Gasteiger partial charge is 0.352 e. The monoisotopic (exact) mass is 330 g/mol. The predicted octanol–water partition coefficient (Wildman–Crippen LogP) is -1.42. The lowest BCUT2D eigenvalue weighted by molar-refractivity contribution is -0.0460. The van der Waals surface area contributed by atoms with Gasteiger partial charge in [0.2, 0.25) is 5.88 Å². The molecule has 0 amide bonds. The summed E-state index contributed by atoms with van der Waals surface area (Å²) in [5, 5.41) is 27.4. The first-order chi connectivity index (χ1) is 11.1. The number of aliphatic hydroxyl groups excluding tert-OH is 3. The molecule has 2 heterocycles. The molecule has 9 nitrogen and oxygen atoms in total. The maximum atomic E-state index is 12.1. The zero-order valence-electron chi connectivity index (χ0n) is 12.9. The Labute approximate surface area is 133 Å². The Morgan fingerprint density at radius 1 is 1.39 bits per heavy atom. The van der Waals surface area contributed by atoms with E-state index >= 15 is 0 Å². The summed E-state index contributed by atoms with van der Waals surface area (Å²) >= 11 is 0. The topological polar surface area (TPSA) is 123 Å². The molecule has 1 aliphatic heterocycles. The molecular formula is C14H22N2O7. The van der Waals surface area contributed by atoms with Crippen molar-refractivity contribution in [2.75, 3.05) is 33.0 Å². The lowest BCUT2D eigenvalue weighted by Gasteiger charge is -2.16. The van der Waals surface area contributed by atoms with Gasteiger partial charge in [-0.3, -0.25) is 4.57 Å². The van der Waals surface area contributed by atoms with Crippen molar-refractivity contribution in [3.05, 3.63) is 22.2 Å². The number of ether oxygens (including phenoxy) is 3. The summed E-state index contributed by atoms with van der Waals surface area (Å²) in [6, 6.07) is 0. The number of rotatable bonds is 8. The van der Waals surface area contributed by atoms with Gasteiger partial charge in [-0.2, -0.15) is 4.98 Å². The van der Waals surface area contributed by atoms with E-state index < -0.39 is 24.1 Å². The van der Waals surface area contributed by atoms with Crippen LogP contribution in [-0.2, 0) is 9.47 Å². The molecule has 0 radical (unpaired) electrons. The third kappa shape index (κ3) is 4.49. The highest BCUT2D eigenvalue weighted by atomic mass is 16.5. The van der Waals surface area contributed by atoms with Crippen LogP contribution < -0.4 is 10.4 Å². The van der Waals surface area contributed by atoms with Gasteiger partial charge in [-0.15, -0.1) is 0 Å².